The van der Waals surface area contributed by atoms with E-state index in [1.54, 1.807) is 0 Å². The van der Waals surface area contributed by atoms with E-state index in [0.717, 1.165) is 65.0 Å². The summed E-state index contributed by atoms with van der Waals surface area (Å²) in [5.74, 6) is 3.01. The van der Waals surface area contributed by atoms with Gasteiger partial charge in [0.25, 0.3) is 0 Å². The van der Waals surface area contributed by atoms with Gasteiger partial charge in [-0.3, -0.25) is 14.6 Å². The van der Waals surface area contributed by atoms with Crippen molar-refractivity contribution in [3.8, 4) is 12.3 Å². The Hall–Kier alpha value is -1.83. The van der Waals surface area contributed by atoms with Crippen molar-refractivity contribution in [3.05, 3.63) is 35.4 Å². The fourth-order valence-corrected chi connectivity index (χ4v) is 4.17. The molecule has 4 heteroatoms. The van der Waals surface area contributed by atoms with E-state index in [4.69, 9.17) is 6.42 Å². The number of likely N-dealkylation sites (tertiary alicyclic amines) is 1. The topological polar surface area (TPSA) is 26.8 Å². The van der Waals surface area contributed by atoms with Crippen molar-refractivity contribution >= 4 is 5.91 Å². The van der Waals surface area contributed by atoms with Crippen molar-refractivity contribution in [2.24, 2.45) is 0 Å². The zero-order chi connectivity index (χ0) is 18.4. The summed E-state index contributed by atoms with van der Waals surface area (Å²) in [5.41, 5.74) is 2.73. The van der Waals surface area contributed by atoms with Crippen molar-refractivity contribution in [1.29, 1.82) is 0 Å². The van der Waals surface area contributed by atoms with Crippen LogP contribution in [0.3, 0.4) is 0 Å². The number of piperidine rings is 1. The van der Waals surface area contributed by atoms with Crippen LogP contribution in [-0.2, 0) is 11.3 Å². The molecular formula is C22H31N3O. The van der Waals surface area contributed by atoms with E-state index in [1.165, 1.54) is 11.1 Å². The van der Waals surface area contributed by atoms with E-state index in [0.29, 0.717) is 6.54 Å². The molecule has 1 aromatic carbocycles. The summed E-state index contributed by atoms with van der Waals surface area (Å²) in [5, 5.41) is 0. The second-order valence-electron chi connectivity index (χ2n) is 7.57. The zero-order valence-electron chi connectivity index (χ0n) is 16.0. The number of aryl methyl sites for hydroxylation is 1. The lowest BCUT2D eigenvalue weighted by Gasteiger charge is -2.36. The molecule has 0 radical (unpaired) electrons. The predicted octanol–water partition coefficient (Wildman–Crippen LogP) is 2.52. The summed E-state index contributed by atoms with van der Waals surface area (Å²) in [6, 6.07) is 8.57. The third-order valence-electron chi connectivity index (χ3n) is 5.75. The van der Waals surface area contributed by atoms with Crippen LogP contribution in [-0.4, -0.2) is 65.9 Å². The van der Waals surface area contributed by atoms with Crippen LogP contribution in [0.25, 0.3) is 0 Å². The Bertz CT molecular complexity index is 651. The van der Waals surface area contributed by atoms with E-state index in [2.05, 4.69) is 51.8 Å². The number of benzene rings is 1. The molecule has 140 valence electrons. The number of nitrogens with zero attached hydrogens (tertiary/aromatic N) is 3. The number of hydrogen-bond acceptors (Lipinski definition) is 3. The lowest BCUT2D eigenvalue weighted by atomic mass is 10.0. The Morgan fingerprint density at radius 3 is 2.77 bits per heavy atom. The minimum Gasteiger partial charge on any atom is -0.340 e. The standard InChI is InChI=1S/C22H31N3O/c1-3-12-24-14-7-6-11-21(24)22(26)25-15-8-13-23(16-17-25)18-20-10-5-4-9-19(20)2/h1,4-5,9-10,21H,6-8,11-18H2,2H3. The molecule has 0 N–H and O–H groups in total. The van der Waals surface area contributed by atoms with Crippen LogP contribution < -0.4 is 0 Å². The first-order valence-electron chi connectivity index (χ1n) is 9.92. The van der Waals surface area contributed by atoms with Crippen LogP contribution in [0, 0.1) is 19.3 Å². The van der Waals surface area contributed by atoms with Crippen LogP contribution in [0.15, 0.2) is 24.3 Å². The van der Waals surface area contributed by atoms with Crippen molar-refractivity contribution in [2.45, 2.75) is 45.2 Å². The Morgan fingerprint density at radius 1 is 1.12 bits per heavy atom. The normalized spacial score (nSPS) is 22.6. The van der Waals surface area contributed by atoms with Crippen LogP contribution in [0.4, 0.5) is 0 Å². The van der Waals surface area contributed by atoms with E-state index in [1.807, 2.05) is 0 Å². The number of carbonyl (C=O) groups is 1. The van der Waals surface area contributed by atoms with E-state index < -0.39 is 0 Å². The van der Waals surface area contributed by atoms with Gasteiger partial charge in [-0.15, -0.1) is 6.42 Å². The van der Waals surface area contributed by atoms with Gasteiger partial charge in [0.1, 0.15) is 0 Å². The maximum atomic E-state index is 13.1. The molecule has 0 aromatic heterocycles. The van der Waals surface area contributed by atoms with Gasteiger partial charge in [0.15, 0.2) is 0 Å². The average molecular weight is 354 g/mol. The van der Waals surface area contributed by atoms with Crippen LogP contribution in [0.5, 0.6) is 0 Å². The van der Waals surface area contributed by atoms with Gasteiger partial charge in [-0.1, -0.05) is 36.6 Å². The summed E-state index contributed by atoms with van der Waals surface area (Å²) < 4.78 is 0. The van der Waals surface area contributed by atoms with Crippen molar-refractivity contribution < 1.29 is 4.79 Å². The van der Waals surface area contributed by atoms with Gasteiger partial charge in [-0.2, -0.15) is 0 Å². The lowest BCUT2D eigenvalue weighted by Crippen LogP contribution is -2.51. The molecule has 4 nitrogen and oxygen atoms in total. The molecule has 1 amide bonds. The molecule has 1 unspecified atom stereocenters. The third-order valence-corrected chi connectivity index (χ3v) is 5.75. The number of rotatable bonds is 4. The van der Waals surface area contributed by atoms with Gasteiger partial charge in [-0.05, 0) is 43.9 Å². The van der Waals surface area contributed by atoms with Crippen LogP contribution in [0.2, 0.25) is 0 Å². The quantitative estimate of drug-likeness (QED) is 0.778. The van der Waals surface area contributed by atoms with Gasteiger partial charge in [0.05, 0.1) is 12.6 Å². The number of terminal acetylenes is 1. The summed E-state index contributed by atoms with van der Waals surface area (Å²) in [6.45, 7) is 8.37. The van der Waals surface area contributed by atoms with Crippen LogP contribution in [0.1, 0.15) is 36.8 Å². The molecular weight excluding hydrogens is 322 g/mol. The van der Waals surface area contributed by atoms with E-state index in [9.17, 15) is 4.79 Å². The fraction of sp³-hybridized carbons (Fsp3) is 0.591. The molecule has 2 fully saturated rings. The highest BCUT2D eigenvalue weighted by atomic mass is 16.2. The number of amides is 1. The SMILES string of the molecule is C#CCN1CCCCC1C(=O)N1CCCN(Cc2ccccc2C)CC1. The Balaban J connectivity index is 1.58. The molecule has 2 saturated heterocycles. The molecule has 0 saturated carbocycles. The maximum absolute atomic E-state index is 13.1. The Kier molecular flexibility index (Phi) is 6.71. The summed E-state index contributed by atoms with van der Waals surface area (Å²) in [4.78, 5) is 19.9. The molecule has 2 aliphatic rings. The van der Waals surface area contributed by atoms with Crippen molar-refractivity contribution in [2.75, 3.05) is 39.3 Å². The molecule has 2 heterocycles. The first-order chi connectivity index (χ1) is 12.7. The maximum Gasteiger partial charge on any atom is 0.240 e. The van der Waals surface area contributed by atoms with Gasteiger partial charge in [0.2, 0.25) is 5.91 Å². The lowest BCUT2D eigenvalue weighted by molar-refractivity contribution is -0.137. The van der Waals surface area contributed by atoms with Gasteiger partial charge < -0.3 is 4.90 Å². The van der Waals surface area contributed by atoms with Crippen molar-refractivity contribution in [1.82, 2.24) is 14.7 Å². The highest BCUT2D eigenvalue weighted by molar-refractivity contribution is 5.82. The van der Waals surface area contributed by atoms with Gasteiger partial charge >= 0.3 is 0 Å². The smallest absolute Gasteiger partial charge is 0.240 e. The molecule has 26 heavy (non-hydrogen) atoms. The predicted molar refractivity (Wildman–Crippen MR) is 106 cm³/mol. The van der Waals surface area contributed by atoms with E-state index in [-0.39, 0.29) is 11.9 Å². The summed E-state index contributed by atoms with van der Waals surface area (Å²) >= 11 is 0. The number of carbonyl (C=O) groups excluding carboxylic acids is 1. The molecule has 0 bridgehead atoms. The Morgan fingerprint density at radius 2 is 1.96 bits per heavy atom. The highest BCUT2D eigenvalue weighted by Crippen LogP contribution is 2.20. The molecule has 2 aliphatic heterocycles. The summed E-state index contributed by atoms with van der Waals surface area (Å²) in [7, 11) is 0. The second-order valence-corrected chi connectivity index (χ2v) is 7.57. The first-order valence-corrected chi connectivity index (χ1v) is 9.92. The monoisotopic (exact) mass is 353 g/mol. The molecule has 0 aliphatic carbocycles. The average Bonchev–Trinajstić information content (AvgIpc) is 2.89. The van der Waals surface area contributed by atoms with Crippen molar-refractivity contribution in [3.63, 3.8) is 0 Å². The summed E-state index contributed by atoms with van der Waals surface area (Å²) in [6.07, 6.45) is 9.77. The minimum absolute atomic E-state index is 0.0114. The molecule has 0 spiro atoms. The third kappa shape index (κ3) is 4.66. The molecule has 1 aromatic rings. The Labute approximate surface area is 158 Å². The highest BCUT2D eigenvalue weighted by Gasteiger charge is 2.32. The minimum atomic E-state index is -0.0114. The zero-order valence-corrected chi connectivity index (χ0v) is 16.0. The van der Waals surface area contributed by atoms with E-state index >= 15 is 0 Å². The van der Waals surface area contributed by atoms with Crippen LogP contribution >= 0.6 is 0 Å². The molecule has 1 atom stereocenters. The van der Waals surface area contributed by atoms with Gasteiger partial charge in [0, 0.05) is 32.7 Å². The fourth-order valence-electron chi connectivity index (χ4n) is 4.17. The second kappa shape index (κ2) is 9.21. The largest absolute Gasteiger partial charge is 0.340 e. The molecule has 3 rings (SSSR count). The first kappa shape index (κ1) is 18.9. The number of hydrogen-bond donors (Lipinski definition) is 0. The van der Waals surface area contributed by atoms with Gasteiger partial charge in [-0.25, -0.2) is 0 Å².